The average molecular weight is 325 g/mol. The second-order valence-electron chi connectivity index (χ2n) is 5.56. The Kier molecular flexibility index (Phi) is 4.74. The Morgan fingerprint density at radius 2 is 2.04 bits per heavy atom. The summed E-state index contributed by atoms with van der Waals surface area (Å²) in [5.41, 5.74) is 1.59. The monoisotopic (exact) mass is 325 g/mol. The van der Waals surface area contributed by atoms with Gasteiger partial charge >= 0.3 is 5.97 Å². The van der Waals surface area contributed by atoms with E-state index >= 15 is 0 Å². The maximum Gasteiger partial charge on any atom is 0.302 e. The fraction of sp³-hybridized carbons (Fsp3) is 0.278. The second-order valence-corrected chi connectivity index (χ2v) is 5.56. The molecule has 3 aromatic rings. The Morgan fingerprint density at radius 3 is 2.79 bits per heavy atom. The van der Waals surface area contributed by atoms with Crippen molar-refractivity contribution in [3.63, 3.8) is 0 Å². The van der Waals surface area contributed by atoms with Crippen molar-refractivity contribution in [2.45, 2.75) is 32.8 Å². The minimum atomic E-state index is -0.269. The molecule has 24 heavy (non-hydrogen) atoms. The fourth-order valence-corrected chi connectivity index (χ4v) is 2.44. The third-order valence-corrected chi connectivity index (χ3v) is 3.52. The number of carbonyl (C=O) groups excluding carboxylic acids is 1. The Balaban J connectivity index is 1.81. The van der Waals surface area contributed by atoms with Crippen LogP contribution in [0.3, 0.4) is 0 Å². The largest absolute Gasteiger partial charge is 0.463 e. The summed E-state index contributed by atoms with van der Waals surface area (Å²) in [5, 5.41) is 4.25. The van der Waals surface area contributed by atoms with Crippen molar-refractivity contribution < 1.29 is 14.3 Å². The lowest BCUT2D eigenvalue weighted by atomic mass is 10.1. The fourth-order valence-electron chi connectivity index (χ4n) is 2.44. The van der Waals surface area contributed by atoms with Gasteiger partial charge in [0.25, 0.3) is 0 Å². The molecule has 0 N–H and O–H groups in total. The molecule has 0 amide bonds. The molecule has 0 bridgehead atoms. The van der Waals surface area contributed by atoms with Crippen LogP contribution in [-0.2, 0) is 16.0 Å². The van der Waals surface area contributed by atoms with Gasteiger partial charge in [0.2, 0.25) is 5.88 Å². The molecule has 0 saturated heterocycles. The van der Waals surface area contributed by atoms with Gasteiger partial charge < -0.3 is 9.47 Å². The van der Waals surface area contributed by atoms with Crippen LogP contribution in [0, 0.1) is 0 Å². The molecule has 0 radical (unpaired) electrons. The van der Waals surface area contributed by atoms with E-state index < -0.39 is 0 Å². The van der Waals surface area contributed by atoms with Crippen molar-refractivity contribution in [2.75, 3.05) is 0 Å². The number of ether oxygens (including phenoxy) is 2. The summed E-state index contributed by atoms with van der Waals surface area (Å²) in [6, 6.07) is 13.2. The zero-order valence-electron chi connectivity index (χ0n) is 13.7. The molecule has 0 aliphatic carbocycles. The standard InChI is InChI=1S/C18H19N3O3/c1-13(23-14(2)22)8-9-15-12-18(21-17(20-15)10-11-19-21)24-16-6-4-3-5-7-16/h3-7,10-13H,8-9H2,1-2H3. The normalized spacial score (nSPS) is 12.1. The van der Waals surface area contributed by atoms with Crippen LogP contribution in [0.2, 0.25) is 0 Å². The minimum absolute atomic E-state index is 0.149. The Hall–Kier alpha value is -2.89. The first kappa shape index (κ1) is 16.0. The third-order valence-electron chi connectivity index (χ3n) is 3.52. The van der Waals surface area contributed by atoms with Gasteiger partial charge in [-0.2, -0.15) is 9.61 Å². The van der Waals surface area contributed by atoms with Gasteiger partial charge in [-0.05, 0) is 31.9 Å². The number of esters is 1. The molecule has 124 valence electrons. The molecule has 0 aliphatic heterocycles. The van der Waals surface area contributed by atoms with Gasteiger partial charge in [0.1, 0.15) is 5.75 Å². The van der Waals surface area contributed by atoms with E-state index in [1.54, 1.807) is 10.7 Å². The van der Waals surface area contributed by atoms with Gasteiger partial charge in [-0.25, -0.2) is 4.98 Å². The van der Waals surface area contributed by atoms with E-state index in [4.69, 9.17) is 9.47 Å². The average Bonchev–Trinajstić information content (AvgIpc) is 3.02. The number of hydrogen-bond acceptors (Lipinski definition) is 5. The summed E-state index contributed by atoms with van der Waals surface area (Å²) in [4.78, 5) is 15.6. The zero-order valence-corrected chi connectivity index (χ0v) is 13.7. The van der Waals surface area contributed by atoms with Gasteiger partial charge in [-0.15, -0.1) is 0 Å². The lowest BCUT2D eigenvalue weighted by Gasteiger charge is -2.12. The number of nitrogens with zero attached hydrogens (tertiary/aromatic N) is 3. The summed E-state index contributed by atoms with van der Waals surface area (Å²) in [6.45, 7) is 3.29. The lowest BCUT2D eigenvalue weighted by Crippen LogP contribution is -2.13. The number of benzene rings is 1. The molecule has 0 saturated carbocycles. The molecule has 6 nitrogen and oxygen atoms in total. The van der Waals surface area contributed by atoms with Crippen molar-refractivity contribution in [3.05, 3.63) is 54.4 Å². The highest BCUT2D eigenvalue weighted by atomic mass is 16.5. The Bertz CT molecular complexity index is 830. The summed E-state index contributed by atoms with van der Waals surface area (Å²) in [5.74, 6) is 1.07. The predicted octanol–water partition coefficient (Wildman–Crippen LogP) is 3.41. The smallest absolute Gasteiger partial charge is 0.302 e. The maximum absolute atomic E-state index is 11.0. The molecule has 0 spiro atoms. The topological polar surface area (TPSA) is 65.7 Å². The Morgan fingerprint density at radius 1 is 1.25 bits per heavy atom. The van der Waals surface area contributed by atoms with Crippen LogP contribution in [0.25, 0.3) is 5.65 Å². The number of aromatic nitrogens is 3. The van der Waals surface area contributed by atoms with Gasteiger partial charge in [-0.1, -0.05) is 18.2 Å². The van der Waals surface area contributed by atoms with Gasteiger partial charge in [0, 0.05) is 24.8 Å². The molecule has 1 atom stereocenters. The second kappa shape index (κ2) is 7.12. The zero-order chi connectivity index (χ0) is 16.9. The molecule has 1 aromatic carbocycles. The van der Waals surface area contributed by atoms with Crippen LogP contribution in [0.1, 0.15) is 26.0 Å². The first-order chi connectivity index (χ1) is 11.6. The van der Waals surface area contributed by atoms with Crippen molar-refractivity contribution in [1.29, 1.82) is 0 Å². The quantitative estimate of drug-likeness (QED) is 0.650. The molecule has 0 aliphatic rings. The third kappa shape index (κ3) is 3.90. The van der Waals surface area contributed by atoms with E-state index in [1.165, 1.54) is 6.92 Å². The molecule has 3 rings (SSSR count). The van der Waals surface area contributed by atoms with Crippen LogP contribution >= 0.6 is 0 Å². The van der Waals surface area contributed by atoms with E-state index in [2.05, 4.69) is 10.1 Å². The van der Waals surface area contributed by atoms with Gasteiger partial charge in [-0.3, -0.25) is 4.79 Å². The number of para-hydroxylation sites is 1. The van der Waals surface area contributed by atoms with E-state index in [-0.39, 0.29) is 12.1 Å². The van der Waals surface area contributed by atoms with Crippen LogP contribution < -0.4 is 4.74 Å². The molecule has 2 aromatic heterocycles. The Labute approximate surface area is 140 Å². The van der Waals surface area contributed by atoms with Gasteiger partial charge in [0.05, 0.1) is 12.3 Å². The molecular formula is C18H19N3O3. The van der Waals surface area contributed by atoms with E-state index in [1.807, 2.05) is 49.4 Å². The number of carbonyl (C=O) groups is 1. The number of hydrogen-bond donors (Lipinski definition) is 0. The highest BCUT2D eigenvalue weighted by Gasteiger charge is 2.11. The van der Waals surface area contributed by atoms with E-state index in [9.17, 15) is 4.79 Å². The highest BCUT2D eigenvalue weighted by Crippen LogP contribution is 2.23. The summed E-state index contributed by atoms with van der Waals surface area (Å²) >= 11 is 0. The van der Waals surface area contributed by atoms with Crippen molar-refractivity contribution >= 4 is 11.6 Å². The summed E-state index contributed by atoms with van der Waals surface area (Å²) < 4.78 is 12.8. The van der Waals surface area contributed by atoms with Crippen LogP contribution in [0.4, 0.5) is 0 Å². The van der Waals surface area contributed by atoms with Crippen LogP contribution in [-0.4, -0.2) is 26.7 Å². The van der Waals surface area contributed by atoms with Crippen LogP contribution in [0.15, 0.2) is 48.7 Å². The first-order valence-electron chi connectivity index (χ1n) is 7.85. The number of rotatable bonds is 6. The maximum atomic E-state index is 11.0. The van der Waals surface area contributed by atoms with Crippen molar-refractivity contribution in [3.8, 4) is 11.6 Å². The number of aryl methyl sites for hydroxylation is 1. The molecule has 1 unspecified atom stereocenters. The SMILES string of the molecule is CC(=O)OC(C)CCc1cc(Oc2ccccc2)n2nccc2n1. The first-order valence-corrected chi connectivity index (χ1v) is 7.85. The predicted molar refractivity (Wildman–Crippen MR) is 89.1 cm³/mol. The summed E-state index contributed by atoms with van der Waals surface area (Å²) in [7, 11) is 0. The minimum Gasteiger partial charge on any atom is -0.463 e. The molecule has 2 heterocycles. The molecule has 0 fully saturated rings. The highest BCUT2D eigenvalue weighted by molar-refractivity contribution is 5.66. The molecular weight excluding hydrogens is 306 g/mol. The molecule has 6 heteroatoms. The van der Waals surface area contributed by atoms with Crippen LogP contribution in [0.5, 0.6) is 11.6 Å². The van der Waals surface area contributed by atoms with E-state index in [0.717, 1.165) is 17.1 Å². The summed E-state index contributed by atoms with van der Waals surface area (Å²) in [6.07, 6.45) is 2.91. The van der Waals surface area contributed by atoms with E-state index in [0.29, 0.717) is 18.7 Å². The number of fused-ring (bicyclic) bond motifs is 1. The van der Waals surface area contributed by atoms with Crippen molar-refractivity contribution in [1.82, 2.24) is 14.6 Å². The van der Waals surface area contributed by atoms with Crippen molar-refractivity contribution in [2.24, 2.45) is 0 Å². The lowest BCUT2D eigenvalue weighted by molar-refractivity contribution is -0.145. The van der Waals surface area contributed by atoms with Gasteiger partial charge in [0.15, 0.2) is 5.65 Å².